The lowest BCUT2D eigenvalue weighted by Gasteiger charge is -2.01. The Morgan fingerprint density at radius 3 is 3.06 bits per heavy atom. The average Bonchev–Trinajstić information content (AvgIpc) is 2.83. The number of carboxylic acid groups (broad SMARTS) is 1. The molecule has 2 rings (SSSR count). The van der Waals surface area contributed by atoms with Crippen molar-refractivity contribution >= 4 is 17.3 Å². The van der Waals surface area contributed by atoms with E-state index in [9.17, 15) is 4.79 Å². The second kappa shape index (κ2) is 4.31. The summed E-state index contributed by atoms with van der Waals surface area (Å²) in [5.74, 6) is 0.270. The summed E-state index contributed by atoms with van der Waals surface area (Å²) in [6, 6.07) is 1.49. The highest BCUT2D eigenvalue weighted by Gasteiger charge is 2.08. The Kier molecular flexibility index (Phi) is 2.86. The maximum atomic E-state index is 10.6. The zero-order chi connectivity index (χ0) is 11.5. The first-order valence-electron chi connectivity index (χ1n) is 4.44. The van der Waals surface area contributed by atoms with E-state index in [4.69, 9.17) is 9.84 Å². The third-order valence-corrected chi connectivity index (χ3v) is 2.86. The van der Waals surface area contributed by atoms with Gasteiger partial charge in [-0.1, -0.05) is 0 Å². The normalized spacial score (nSPS) is 10.3. The van der Waals surface area contributed by atoms with Crippen LogP contribution in [0.15, 0.2) is 17.8 Å². The van der Waals surface area contributed by atoms with Crippen LogP contribution in [0.1, 0.15) is 15.5 Å². The Labute approximate surface area is 95.1 Å². The van der Waals surface area contributed by atoms with E-state index >= 15 is 0 Å². The van der Waals surface area contributed by atoms with Crippen molar-refractivity contribution in [3.05, 3.63) is 28.5 Å². The molecule has 0 spiro atoms. The Hall–Kier alpha value is -1.89. The molecule has 0 amide bonds. The topological polar surface area (TPSA) is 77.2 Å². The Morgan fingerprint density at radius 1 is 1.69 bits per heavy atom. The van der Waals surface area contributed by atoms with Crippen molar-refractivity contribution in [1.82, 2.24) is 14.8 Å². The van der Waals surface area contributed by atoms with Crippen molar-refractivity contribution in [1.29, 1.82) is 0 Å². The highest BCUT2D eigenvalue weighted by molar-refractivity contribution is 7.12. The largest absolute Gasteiger partial charge is 0.485 e. The predicted octanol–water partition coefficient (Wildman–Crippen LogP) is 1.15. The molecule has 0 aliphatic heterocycles. The minimum atomic E-state index is -0.946. The molecule has 16 heavy (non-hydrogen) atoms. The lowest BCUT2D eigenvalue weighted by molar-refractivity contribution is 0.0702. The summed E-state index contributed by atoms with van der Waals surface area (Å²) in [5, 5.41) is 17.9. The summed E-state index contributed by atoms with van der Waals surface area (Å²) in [4.78, 5) is 10.9. The van der Waals surface area contributed by atoms with E-state index in [0.717, 1.165) is 11.3 Å². The lowest BCUT2D eigenvalue weighted by atomic mass is 10.4. The van der Waals surface area contributed by atoms with Crippen molar-refractivity contribution in [3.63, 3.8) is 0 Å². The number of hydrogen-bond donors (Lipinski definition) is 1. The van der Waals surface area contributed by atoms with E-state index in [1.165, 1.54) is 6.07 Å². The van der Waals surface area contributed by atoms with Gasteiger partial charge in [0.15, 0.2) is 5.82 Å². The SMILES string of the molecule is Cn1cnnc1COc1csc(C(=O)O)c1. The fraction of sp³-hybridized carbons (Fsp3) is 0.222. The van der Waals surface area contributed by atoms with Gasteiger partial charge in [0, 0.05) is 18.5 Å². The van der Waals surface area contributed by atoms with Gasteiger partial charge in [0.25, 0.3) is 0 Å². The number of aromatic nitrogens is 3. The van der Waals surface area contributed by atoms with Gasteiger partial charge in [-0.2, -0.15) is 0 Å². The standard InChI is InChI=1S/C9H9N3O3S/c1-12-5-10-11-8(12)3-15-6-2-7(9(13)14)16-4-6/h2,4-5H,3H2,1H3,(H,13,14). The number of ether oxygens (including phenoxy) is 1. The number of hydrogen-bond acceptors (Lipinski definition) is 5. The molecular formula is C9H9N3O3S. The molecule has 0 aliphatic carbocycles. The summed E-state index contributed by atoms with van der Waals surface area (Å²) in [7, 11) is 1.81. The van der Waals surface area contributed by atoms with Crippen LogP contribution >= 0.6 is 11.3 Å². The van der Waals surface area contributed by atoms with Crippen LogP contribution in [0.2, 0.25) is 0 Å². The molecule has 0 radical (unpaired) electrons. The molecule has 0 aliphatic rings. The number of rotatable bonds is 4. The van der Waals surface area contributed by atoms with Crippen LogP contribution in [0.4, 0.5) is 0 Å². The molecule has 84 valence electrons. The minimum absolute atomic E-state index is 0.257. The monoisotopic (exact) mass is 239 g/mol. The van der Waals surface area contributed by atoms with Crippen LogP contribution in [0.25, 0.3) is 0 Å². The van der Waals surface area contributed by atoms with Crippen molar-refractivity contribution < 1.29 is 14.6 Å². The lowest BCUT2D eigenvalue weighted by Crippen LogP contribution is -2.02. The zero-order valence-electron chi connectivity index (χ0n) is 8.45. The molecule has 1 N–H and O–H groups in total. The van der Waals surface area contributed by atoms with Gasteiger partial charge in [0.2, 0.25) is 0 Å². The van der Waals surface area contributed by atoms with Gasteiger partial charge in [-0.15, -0.1) is 21.5 Å². The van der Waals surface area contributed by atoms with E-state index in [1.807, 2.05) is 7.05 Å². The second-order valence-electron chi connectivity index (χ2n) is 3.10. The third-order valence-electron chi connectivity index (χ3n) is 1.96. The van der Waals surface area contributed by atoms with Gasteiger partial charge in [0.1, 0.15) is 23.6 Å². The Balaban J connectivity index is 2.00. The number of aryl methyl sites for hydroxylation is 1. The van der Waals surface area contributed by atoms with Gasteiger partial charge < -0.3 is 14.4 Å². The second-order valence-corrected chi connectivity index (χ2v) is 4.01. The van der Waals surface area contributed by atoms with Gasteiger partial charge >= 0.3 is 5.97 Å². The molecule has 7 heteroatoms. The molecule has 2 aromatic rings. The van der Waals surface area contributed by atoms with Crippen LogP contribution in [-0.2, 0) is 13.7 Å². The molecule has 0 fully saturated rings. The highest BCUT2D eigenvalue weighted by Crippen LogP contribution is 2.22. The number of thiophene rings is 1. The predicted molar refractivity (Wildman–Crippen MR) is 56.6 cm³/mol. The van der Waals surface area contributed by atoms with Crippen LogP contribution in [-0.4, -0.2) is 25.8 Å². The molecule has 2 aromatic heterocycles. The van der Waals surface area contributed by atoms with Crippen molar-refractivity contribution in [2.24, 2.45) is 7.05 Å². The van der Waals surface area contributed by atoms with Gasteiger partial charge in [-0.3, -0.25) is 0 Å². The molecular weight excluding hydrogens is 230 g/mol. The third kappa shape index (κ3) is 2.19. The van der Waals surface area contributed by atoms with E-state index in [1.54, 1.807) is 16.3 Å². The number of carboxylic acids is 1. The van der Waals surface area contributed by atoms with E-state index in [2.05, 4.69) is 10.2 Å². The van der Waals surface area contributed by atoms with Crippen LogP contribution in [0.3, 0.4) is 0 Å². The average molecular weight is 239 g/mol. The first-order valence-corrected chi connectivity index (χ1v) is 5.32. The number of carbonyl (C=O) groups is 1. The van der Waals surface area contributed by atoms with Gasteiger partial charge in [0.05, 0.1) is 0 Å². The molecule has 0 atom stereocenters. The van der Waals surface area contributed by atoms with Crippen molar-refractivity contribution in [2.75, 3.05) is 0 Å². The summed E-state index contributed by atoms with van der Waals surface area (Å²) >= 11 is 1.13. The fourth-order valence-electron chi connectivity index (χ4n) is 1.09. The zero-order valence-corrected chi connectivity index (χ0v) is 9.27. The minimum Gasteiger partial charge on any atom is -0.485 e. The van der Waals surface area contributed by atoms with Crippen molar-refractivity contribution in [2.45, 2.75) is 6.61 Å². The van der Waals surface area contributed by atoms with Crippen molar-refractivity contribution in [3.8, 4) is 5.75 Å². The first kappa shape index (κ1) is 10.6. The molecule has 0 unspecified atom stereocenters. The molecule has 0 saturated heterocycles. The highest BCUT2D eigenvalue weighted by atomic mass is 32.1. The maximum absolute atomic E-state index is 10.6. The first-order chi connectivity index (χ1) is 7.66. The summed E-state index contributed by atoms with van der Waals surface area (Å²) in [5.41, 5.74) is 0. The van der Waals surface area contributed by atoms with E-state index in [0.29, 0.717) is 11.6 Å². The molecule has 6 nitrogen and oxygen atoms in total. The summed E-state index contributed by atoms with van der Waals surface area (Å²) in [6.45, 7) is 0.270. The maximum Gasteiger partial charge on any atom is 0.346 e. The molecule has 2 heterocycles. The van der Waals surface area contributed by atoms with Crippen LogP contribution < -0.4 is 4.74 Å². The smallest absolute Gasteiger partial charge is 0.346 e. The molecule has 0 saturated carbocycles. The Morgan fingerprint density at radius 2 is 2.50 bits per heavy atom. The quantitative estimate of drug-likeness (QED) is 0.866. The fourth-order valence-corrected chi connectivity index (χ4v) is 1.76. The molecule has 0 bridgehead atoms. The van der Waals surface area contributed by atoms with E-state index < -0.39 is 5.97 Å². The molecule has 0 aromatic carbocycles. The van der Waals surface area contributed by atoms with Gasteiger partial charge in [-0.25, -0.2) is 4.79 Å². The summed E-state index contributed by atoms with van der Waals surface area (Å²) in [6.07, 6.45) is 1.58. The number of aromatic carboxylic acids is 1. The number of nitrogens with zero attached hydrogens (tertiary/aromatic N) is 3. The Bertz CT molecular complexity index is 506. The van der Waals surface area contributed by atoms with Crippen LogP contribution in [0, 0.1) is 0 Å². The van der Waals surface area contributed by atoms with Gasteiger partial charge in [-0.05, 0) is 0 Å². The van der Waals surface area contributed by atoms with Crippen LogP contribution in [0.5, 0.6) is 5.75 Å². The summed E-state index contributed by atoms with van der Waals surface area (Å²) < 4.78 is 7.13. The van der Waals surface area contributed by atoms with E-state index in [-0.39, 0.29) is 11.5 Å².